The molecule has 4 nitrogen and oxygen atoms in total. The number of methoxy groups -OCH3 is 2. The third-order valence-corrected chi connectivity index (χ3v) is 3.26. The van der Waals surface area contributed by atoms with Crippen LogP contribution in [0.15, 0.2) is 18.2 Å². The highest BCUT2D eigenvalue weighted by Crippen LogP contribution is 2.22. The summed E-state index contributed by atoms with van der Waals surface area (Å²) in [5.74, 6) is 1.66. The lowest BCUT2D eigenvalue weighted by Crippen LogP contribution is -2.33. The summed E-state index contributed by atoms with van der Waals surface area (Å²) >= 11 is 0. The van der Waals surface area contributed by atoms with E-state index >= 15 is 0 Å². The van der Waals surface area contributed by atoms with Crippen molar-refractivity contribution in [1.29, 1.82) is 0 Å². The fourth-order valence-corrected chi connectivity index (χ4v) is 1.71. The molecule has 0 aromatic heterocycles. The molecule has 0 saturated heterocycles. The Morgan fingerprint density at radius 2 is 1.68 bits per heavy atom. The quantitative estimate of drug-likeness (QED) is 0.731. The molecule has 0 atom stereocenters. The first-order chi connectivity index (χ1) is 9.06. The van der Waals surface area contributed by atoms with Crippen LogP contribution in [0.4, 0.5) is 0 Å². The van der Waals surface area contributed by atoms with Crippen molar-refractivity contribution in [1.82, 2.24) is 10.2 Å². The molecule has 1 aromatic rings. The first-order valence-electron chi connectivity index (χ1n) is 6.69. The molecular formula is C15H26N2O2. The number of benzene rings is 1. The molecule has 0 aliphatic rings. The van der Waals surface area contributed by atoms with Crippen molar-refractivity contribution >= 4 is 0 Å². The number of ether oxygens (including phenoxy) is 2. The molecule has 0 unspecified atom stereocenters. The first-order valence-corrected chi connectivity index (χ1v) is 6.69. The van der Waals surface area contributed by atoms with Crippen LogP contribution in [-0.2, 0) is 6.54 Å². The van der Waals surface area contributed by atoms with Gasteiger partial charge in [-0.3, -0.25) is 0 Å². The molecule has 1 aromatic carbocycles. The number of hydrogen-bond acceptors (Lipinski definition) is 4. The largest absolute Gasteiger partial charge is 0.497 e. The zero-order chi connectivity index (χ0) is 14.3. The van der Waals surface area contributed by atoms with Crippen LogP contribution in [0.5, 0.6) is 11.5 Å². The highest BCUT2D eigenvalue weighted by Gasteiger charge is 2.03. The van der Waals surface area contributed by atoms with Gasteiger partial charge in [0.05, 0.1) is 14.2 Å². The Morgan fingerprint density at radius 3 is 2.16 bits per heavy atom. The van der Waals surface area contributed by atoms with Gasteiger partial charge >= 0.3 is 0 Å². The first kappa shape index (κ1) is 15.8. The van der Waals surface area contributed by atoms with Crippen LogP contribution in [-0.4, -0.2) is 45.3 Å². The van der Waals surface area contributed by atoms with Crippen molar-refractivity contribution in [2.45, 2.75) is 26.4 Å². The van der Waals surface area contributed by atoms with E-state index in [0.29, 0.717) is 6.04 Å². The second-order valence-electron chi connectivity index (χ2n) is 4.97. The van der Waals surface area contributed by atoms with E-state index in [1.54, 1.807) is 14.2 Å². The summed E-state index contributed by atoms with van der Waals surface area (Å²) in [6.07, 6.45) is 0. The van der Waals surface area contributed by atoms with Gasteiger partial charge in [-0.15, -0.1) is 0 Å². The normalized spacial score (nSPS) is 11.1. The van der Waals surface area contributed by atoms with Gasteiger partial charge in [-0.05, 0) is 38.6 Å². The Labute approximate surface area is 116 Å². The number of nitrogens with one attached hydrogen (secondary N) is 1. The van der Waals surface area contributed by atoms with Crippen LogP contribution in [0, 0.1) is 0 Å². The highest BCUT2D eigenvalue weighted by atomic mass is 16.5. The van der Waals surface area contributed by atoms with E-state index in [1.165, 1.54) is 5.56 Å². The van der Waals surface area contributed by atoms with Crippen LogP contribution in [0.1, 0.15) is 19.4 Å². The third-order valence-electron chi connectivity index (χ3n) is 3.26. The van der Waals surface area contributed by atoms with Gasteiger partial charge in [0.2, 0.25) is 0 Å². The average Bonchev–Trinajstić information content (AvgIpc) is 2.42. The van der Waals surface area contributed by atoms with Gasteiger partial charge in [0.15, 0.2) is 0 Å². The van der Waals surface area contributed by atoms with Crippen molar-refractivity contribution < 1.29 is 9.47 Å². The molecule has 4 heteroatoms. The summed E-state index contributed by atoms with van der Waals surface area (Å²) in [6, 6.07) is 6.53. The standard InChI is InChI=1S/C15H26N2O2/c1-12(2)17(3)7-6-16-11-13-8-14(18-4)10-15(9-13)19-5/h8-10,12,16H,6-7,11H2,1-5H3. The van der Waals surface area contributed by atoms with E-state index in [0.717, 1.165) is 31.1 Å². The molecule has 1 N–H and O–H groups in total. The van der Waals surface area contributed by atoms with Crippen molar-refractivity contribution in [2.75, 3.05) is 34.4 Å². The van der Waals surface area contributed by atoms with Crippen LogP contribution >= 0.6 is 0 Å². The van der Waals surface area contributed by atoms with E-state index in [9.17, 15) is 0 Å². The number of nitrogens with zero attached hydrogens (tertiary/aromatic N) is 1. The van der Waals surface area contributed by atoms with Crippen LogP contribution in [0.2, 0.25) is 0 Å². The molecule has 0 bridgehead atoms. The molecule has 0 amide bonds. The Balaban J connectivity index is 2.44. The molecule has 1 rings (SSSR count). The lowest BCUT2D eigenvalue weighted by molar-refractivity contribution is 0.273. The van der Waals surface area contributed by atoms with Gasteiger partial charge in [0.1, 0.15) is 11.5 Å². The van der Waals surface area contributed by atoms with Gasteiger partial charge in [-0.1, -0.05) is 0 Å². The predicted molar refractivity (Wildman–Crippen MR) is 79.0 cm³/mol. The van der Waals surface area contributed by atoms with Crippen molar-refractivity contribution in [3.8, 4) is 11.5 Å². The van der Waals surface area contributed by atoms with E-state index in [2.05, 4.69) is 31.1 Å². The van der Waals surface area contributed by atoms with Crippen molar-refractivity contribution in [3.63, 3.8) is 0 Å². The summed E-state index contributed by atoms with van der Waals surface area (Å²) in [5, 5.41) is 3.44. The highest BCUT2D eigenvalue weighted by molar-refractivity contribution is 5.38. The Hall–Kier alpha value is -1.26. The van der Waals surface area contributed by atoms with Crippen LogP contribution in [0.3, 0.4) is 0 Å². The molecule has 0 aliphatic carbocycles. The molecule has 0 heterocycles. The predicted octanol–water partition coefficient (Wildman–Crippen LogP) is 2.13. The average molecular weight is 266 g/mol. The summed E-state index contributed by atoms with van der Waals surface area (Å²) in [7, 11) is 5.48. The van der Waals surface area contributed by atoms with E-state index in [1.807, 2.05) is 18.2 Å². The Kier molecular flexibility index (Phi) is 6.67. The molecule has 0 radical (unpaired) electrons. The third kappa shape index (κ3) is 5.49. The van der Waals surface area contributed by atoms with E-state index in [-0.39, 0.29) is 0 Å². The minimum absolute atomic E-state index is 0.582. The molecule has 0 saturated carbocycles. The summed E-state index contributed by atoms with van der Waals surface area (Å²) in [6.45, 7) is 7.23. The molecule has 108 valence electrons. The summed E-state index contributed by atoms with van der Waals surface area (Å²) in [4.78, 5) is 2.32. The zero-order valence-electron chi connectivity index (χ0n) is 12.7. The van der Waals surface area contributed by atoms with Gasteiger partial charge in [0, 0.05) is 31.7 Å². The monoisotopic (exact) mass is 266 g/mol. The second-order valence-corrected chi connectivity index (χ2v) is 4.97. The minimum atomic E-state index is 0.582. The lowest BCUT2D eigenvalue weighted by atomic mass is 10.2. The summed E-state index contributed by atoms with van der Waals surface area (Å²) < 4.78 is 10.5. The fourth-order valence-electron chi connectivity index (χ4n) is 1.71. The lowest BCUT2D eigenvalue weighted by Gasteiger charge is -2.21. The second kappa shape index (κ2) is 8.02. The molecular weight excluding hydrogens is 240 g/mol. The molecule has 0 aliphatic heterocycles. The van der Waals surface area contributed by atoms with Crippen molar-refractivity contribution in [2.24, 2.45) is 0 Å². The Bertz CT molecular complexity index is 358. The minimum Gasteiger partial charge on any atom is -0.497 e. The van der Waals surface area contributed by atoms with Gasteiger partial charge < -0.3 is 19.7 Å². The maximum Gasteiger partial charge on any atom is 0.122 e. The fraction of sp³-hybridized carbons (Fsp3) is 0.600. The van der Waals surface area contributed by atoms with Gasteiger partial charge in [0.25, 0.3) is 0 Å². The molecule has 0 fully saturated rings. The number of likely N-dealkylation sites (N-methyl/N-ethyl adjacent to an activating group) is 1. The van der Waals surface area contributed by atoms with Crippen molar-refractivity contribution in [3.05, 3.63) is 23.8 Å². The van der Waals surface area contributed by atoms with E-state index in [4.69, 9.17) is 9.47 Å². The maximum absolute atomic E-state index is 5.26. The molecule has 19 heavy (non-hydrogen) atoms. The summed E-state index contributed by atoms with van der Waals surface area (Å²) in [5.41, 5.74) is 1.17. The number of rotatable bonds is 8. The van der Waals surface area contributed by atoms with E-state index < -0.39 is 0 Å². The number of hydrogen-bond donors (Lipinski definition) is 1. The van der Waals surface area contributed by atoms with Crippen LogP contribution < -0.4 is 14.8 Å². The van der Waals surface area contributed by atoms with Gasteiger partial charge in [-0.2, -0.15) is 0 Å². The zero-order valence-corrected chi connectivity index (χ0v) is 12.7. The molecule has 0 spiro atoms. The Morgan fingerprint density at radius 1 is 1.11 bits per heavy atom. The SMILES string of the molecule is COc1cc(CNCCN(C)C(C)C)cc(OC)c1. The van der Waals surface area contributed by atoms with Gasteiger partial charge in [-0.25, -0.2) is 0 Å². The smallest absolute Gasteiger partial charge is 0.122 e. The topological polar surface area (TPSA) is 33.7 Å². The maximum atomic E-state index is 5.26. The van der Waals surface area contributed by atoms with Crippen LogP contribution in [0.25, 0.3) is 0 Å².